The fourth-order valence-corrected chi connectivity index (χ4v) is 1.84. The maximum absolute atomic E-state index is 12.0. The Bertz CT molecular complexity index is 744. The van der Waals surface area contributed by atoms with Crippen LogP contribution in [-0.2, 0) is 11.2 Å². The van der Waals surface area contributed by atoms with E-state index in [1.165, 1.54) is 12.5 Å². The van der Waals surface area contributed by atoms with Crippen LogP contribution in [0.2, 0.25) is 0 Å². The van der Waals surface area contributed by atoms with E-state index in [4.69, 9.17) is 5.73 Å². The Balaban J connectivity index is 2.16. The molecule has 23 heavy (non-hydrogen) atoms. The smallest absolute Gasteiger partial charge is 0.299 e. The number of nitro groups is 2. The fourth-order valence-electron chi connectivity index (χ4n) is 1.84. The number of aromatic nitrogens is 2. The van der Waals surface area contributed by atoms with Crippen molar-refractivity contribution in [2.45, 2.75) is 12.5 Å². The van der Waals surface area contributed by atoms with E-state index in [-0.39, 0.29) is 12.1 Å². The Kier molecular flexibility index (Phi) is 4.61. The number of imidazole rings is 1. The molecule has 0 saturated carbocycles. The molecule has 1 atom stereocenters. The molecule has 0 fully saturated rings. The van der Waals surface area contributed by atoms with E-state index in [9.17, 15) is 25.0 Å². The molecule has 0 saturated heterocycles. The molecule has 1 heterocycles. The summed E-state index contributed by atoms with van der Waals surface area (Å²) in [5.41, 5.74) is 5.16. The summed E-state index contributed by atoms with van der Waals surface area (Å²) in [6.07, 6.45) is 3.09. The van der Waals surface area contributed by atoms with E-state index >= 15 is 0 Å². The number of hydrogen-bond acceptors (Lipinski definition) is 7. The number of H-pyrrole nitrogens is 1. The predicted octanol–water partition coefficient (Wildman–Crippen LogP) is 0.735. The van der Waals surface area contributed by atoms with Gasteiger partial charge in [-0.1, -0.05) is 0 Å². The Labute approximate surface area is 128 Å². The Morgan fingerprint density at radius 1 is 1.35 bits per heavy atom. The number of nitro benzene ring substituents is 2. The number of anilines is 1. The highest BCUT2D eigenvalue weighted by Crippen LogP contribution is 2.29. The van der Waals surface area contributed by atoms with Gasteiger partial charge in [0.25, 0.3) is 11.4 Å². The minimum absolute atomic E-state index is 0.159. The SMILES string of the molecule is N[C@@H](Cc1cnc[nH]1)C(=O)Nc1ccc([N+](=O)[O-])cc1[N+](=O)[O-]. The number of hydrogen-bond donors (Lipinski definition) is 3. The van der Waals surface area contributed by atoms with Crippen LogP contribution in [0.5, 0.6) is 0 Å². The van der Waals surface area contributed by atoms with Gasteiger partial charge >= 0.3 is 0 Å². The van der Waals surface area contributed by atoms with Gasteiger partial charge in [-0.2, -0.15) is 0 Å². The first-order valence-corrected chi connectivity index (χ1v) is 6.35. The van der Waals surface area contributed by atoms with Gasteiger partial charge in [0.2, 0.25) is 5.91 Å². The average Bonchev–Trinajstić information content (AvgIpc) is 2.99. The predicted molar refractivity (Wildman–Crippen MR) is 78.6 cm³/mol. The molecule has 4 N–H and O–H groups in total. The van der Waals surface area contributed by atoms with Crippen molar-refractivity contribution in [3.63, 3.8) is 0 Å². The molecule has 0 unspecified atom stereocenters. The number of nitrogens with one attached hydrogen (secondary N) is 2. The number of rotatable bonds is 6. The second-order valence-corrected chi connectivity index (χ2v) is 4.59. The first-order chi connectivity index (χ1) is 10.9. The van der Waals surface area contributed by atoms with Crippen LogP contribution >= 0.6 is 0 Å². The van der Waals surface area contributed by atoms with Crippen LogP contribution in [0.1, 0.15) is 5.69 Å². The monoisotopic (exact) mass is 320 g/mol. The summed E-state index contributed by atoms with van der Waals surface area (Å²) in [6.45, 7) is 0. The fraction of sp³-hybridized carbons (Fsp3) is 0.167. The molecule has 0 aliphatic heterocycles. The van der Waals surface area contributed by atoms with Crippen LogP contribution in [0.25, 0.3) is 0 Å². The van der Waals surface area contributed by atoms with E-state index < -0.39 is 33.2 Å². The van der Waals surface area contributed by atoms with Crippen LogP contribution in [-0.4, -0.2) is 31.8 Å². The zero-order chi connectivity index (χ0) is 17.0. The standard InChI is InChI=1S/C12H12N6O5/c13-9(3-7-5-14-6-15-7)12(19)16-10-2-1-8(17(20)21)4-11(10)18(22)23/h1-2,4-6,9H,3,13H2,(H,14,15)(H,16,19)/t9-/m0/s1. The highest BCUT2D eigenvalue weighted by Gasteiger charge is 2.23. The Hall–Kier alpha value is -3.34. The van der Waals surface area contributed by atoms with Crippen molar-refractivity contribution in [2.75, 3.05) is 5.32 Å². The third-order valence-corrected chi connectivity index (χ3v) is 2.98. The molecule has 0 aliphatic carbocycles. The first kappa shape index (κ1) is 16.0. The van der Waals surface area contributed by atoms with E-state index in [0.717, 1.165) is 18.2 Å². The Morgan fingerprint density at radius 3 is 2.65 bits per heavy atom. The molecule has 0 radical (unpaired) electrons. The summed E-state index contributed by atoms with van der Waals surface area (Å²) < 4.78 is 0. The van der Waals surface area contributed by atoms with Crippen molar-refractivity contribution >= 4 is 23.0 Å². The van der Waals surface area contributed by atoms with Gasteiger partial charge in [0.15, 0.2) is 0 Å². The molecule has 1 aromatic heterocycles. The molecular weight excluding hydrogens is 308 g/mol. The van der Waals surface area contributed by atoms with Gasteiger partial charge in [-0.25, -0.2) is 4.98 Å². The van der Waals surface area contributed by atoms with Crippen molar-refractivity contribution in [1.82, 2.24) is 9.97 Å². The summed E-state index contributed by atoms with van der Waals surface area (Å²) in [6, 6.07) is 1.96. The number of carbonyl (C=O) groups excluding carboxylic acids is 1. The number of benzene rings is 1. The number of non-ortho nitro benzene ring substituents is 1. The van der Waals surface area contributed by atoms with Crippen molar-refractivity contribution in [3.05, 3.63) is 56.6 Å². The normalized spacial score (nSPS) is 11.7. The van der Waals surface area contributed by atoms with Gasteiger partial charge in [0, 0.05) is 24.4 Å². The van der Waals surface area contributed by atoms with Crippen molar-refractivity contribution in [1.29, 1.82) is 0 Å². The van der Waals surface area contributed by atoms with Gasteiger partial charge < -0.3 is 16.0 Å². The molecule has 2 aromatic rings. The summed E-state index contributed by atoms with van der Waals surface area (Å²) in [7, 11) is 0. The summed E-state index contributed by atoms with van der Waals surface area (Å²) in [5, 5.41) is 24.0. The van der Waals surface area contributed by atoms with Crippen LogP contribution < -0.4 is 11.1 Å². The molecule has 120 valence electrons. The van der Waals surface area contributed by atoms with Gasteiger partial charge in [0.05, 0.1) is 28.3 Å². The maximum atomic E-state index is 12.0. The molecule has 0 spiro atoms. The van der Waals surface area contributed by atoms with Crippen molar-refractivity contribution < 1.29 is 14.6 Å². The third kappa shape index (κ3) is 3.85. The van der Waals surface area contributed by atoms with Crippen LogP contribution in [0.3, 0.4) is 0 Å². The Morgan fingerprint density at radius 2 is 2.09 bits per heavy atom. The summed E-state index contributed by atoms with van der Waals surface area (Å²) >= 11 is 0. The van der Waals surface area contributed by atoms with Crippen molar-refractivity contribution in [2.24, 2.45) is 5.73 Å². The number of nitrogens with zero attached hydrogens (tertiary/aromatic N) is 3. The highest BCUT2D eigenvalue weighted by molar-refractivity contribution is 5.96. The van der Waals surface area contributed by atoms with Gasteiger partial charge in [0.1, 0.15) is 5.69 Å². The molecule has 1 aromatic carbocycles. The maximum Gasteiger partial charge on any atom is 0.299 e. The van der Waals surface area contributed by atoms with E-state index in [1.54, 1.807) is 0 Å². The quantitative estimate of drug-likeness (QED) is 0.520. The molecule has 0 aliphatic rings. The summed E-state index contributed by atoms with van der Waals surface area (Å²) in [5.74, 6) is -0.656. The van der Waals surface area contributed by atoms with Crippen LogP contribution in [0.15, 0.2) is 30.7 Å². The zero-order valence-electron chi connectivity index (χ0n) is 11.6. The molecule has 11 nitrogen and oxygen atoms in total. The lowest BCUT2D eigenvalue weighted by atomic mass is 10.1. The van der Waals surface area contributed by atoms with E-state index in [1.807, 2.05) is 0 Å². The molecule has 2 rings (SSSR count). The number of aromatic amines is 1. The minimum atomic E-state index is -0.967. The van der Waals surface area contributed by atoms with E-state index in [2.05, 4.69) is 15.3 Å². The van der Waals surface area contributed by atoms with Crippen LogP contribution in [0, 0.1) is 20.2 Å². The second-order valence-electron chi connectivity index (χ2n) is 4.59. The molecular formula is C12H12N6O5. The average molecular weight is 320 g/mol. The van der Waals surface area contributed by atoms with Gasteiger partial charge in [-0.3, -0.25) is 25.0 Å². The topological polar surface area (TPSA) is 170 Å². The molecule has 0 bridgehead atoms. The van der Waals surface area contributed by atoms with E-state index in [0.29, 0.717) is 5.69 Å². The number of nitrogens with two attached hydrogens (primary N) is 1. The second kappa shape index (κ2) is 6.62. The van der Waals surface area contributed by atoms with Gasteiger partial charge in [-0.15, -0.1) is 0 Å². The lowest BCUT2D eigenvalue weighted by Crippen LogP contribution is -2.37. The summed E-state index contributed by atoms with van der Waals surface area (Å²) in [4.78, 5) is 38.6. The van der Waals surface area contributed by atoms with Crippen molar-refractivity contribution in [3.8, 4) is 0 Å². The van der Waals surface area contributed by atoms with Crippen LogP contribution in [0.4, 0.5) is 17.1 Å². The van der Waals surface area contributed by atoms with Gasteiger partial charge in [-0.05, 0) is 6.07 Å². The lowest BCUT2D eigenvalue weighted by Gasteiger charge is -2.11. The molecule has 11 heteroatoms. The third-order valence-electron chi connectivity index (χ3n) is 2.98. The highest BCUT2D eigenvalue weighted by atomic mass is 16.6. The number of amides is 1. The number of carbonyl (C=O) groups is 1. The minimum Gasteiger partial charge on any atom is -0.348 e. The zero-order valence-corrected chi connectivity index (χ0v) is 11.6. The first-order valence-electron chi connectivity index (χ1n) is 6.35. The lowest BCUT2D eigenvalue weighted by molar-refractivity contribution is -0.393. The molecule has 1 amide bonds. The largest absolute Gasteiger partial charge is 0.348 e.